The summed E-state index contributed by atoms with van der Waals surface area (Å²) < 4.78 is 11.4. The van der Waals surface area contributed by atoms with Crippen LogP contribution in [0.1, 0.15) is 59.8 Å². The maximum absolute atomic E-state index is 13.4. The maximum atomic E-state index is 13.4. The van der Waals surface area contributed by atoms with Gasteiger partial charge in [0, 0.05) is 18.9 Å². The predicted octanol–water partition coefficient (Wildman–Crippen LogP) is 4.55. The lowest BCUT2D eigenvalue weighted by Gasteiger charge is -2.41. The molecule has 138 valence electrons. The molecule has 0 aromatic carbocycles. The summed E-state index contributed by atoms with van der Waals surface area (Å²) in [6.07, 6.45) is 6.00. The molecular weight excluding hydrogens is 300 g/mol. The Labute approximate surface area is 147 Å². The van der Waals surface area contributed by atoms with E-state index in [2.05, 4.69) is 27.7 Å². The van der Waals surface area contributed by atoms with Crippen molar-refractivity contribution in [2.24, 2.45) is 47.3 Å². The molecule has 0 radical (unpaired) electrons. The van der Waals surface area contributed by atoms with Crippen molar-refractivity contribution in [3.05, 3.63) is 0 Å². The number of ether oxygens (including phenoxy) is 2. The molecule has 0 heterocycles. The first-order chi connectivity index (χ1) is 11.5. The molecule has 0 unspecified atom stereocenters. The van der Waals surface area contributed by atoms with Gasteiger partial charge in [0.05, 0.1) is 6.10 Å². The molecule has 0 spiro atoms. The van der Waals surface area contributed by atoms with Crippen molar-refractivity contribution in [3.63, 3.8) is 0 Å². The summed E-state index contributed by atoms with van der Waals surface area (Å²) in [6, 6.07) is 0. The molecule has 3 heteroatoms. The van der Waals surface area contributed by atoms with Gasteiger partial charge in [-0.05, 0) is 67.6 Å². The van der Waals surface area contributed by atoms with E-state index in [0.717, 1.165) is 12.8 Å². The maximum Gasteiger partial charge on any atom is 0.146 e. The van der Waals surface area contributed by atoms with Gasteiger partial charge >= 0.3 is 0 Å². The molecule has 3 saturated carbocycles. The number of fused-ring (bicyclic) bond motifs is 2. The summed E-state index contributed by atoms with van der Waals surface area (Å²) in [5.74, 6) is 4.51. The van der Waals surface area contributed by atoms with Crippen LogP contribution in [0.25, 0.3) is 0 Å². The summed E-state index contributed by atoms with van der Waals surface area (Å²) in [7, 11) is 1.70. The van der Waals surface area contributed by atoms with Crippen LogP contribution in [0.5, 0.6) is 0 Å². The van der Waals surface area contributed by atoms with Crippen molar-refractivity contribution >= 4 is 5.78 Å². The van der Waals surface area contributed by atoms with Crippen LogP contribution in [0.3, 0.4) is 0 Å². The molecule has 3 fully saturated rings. The number of methoxy groups -OCH3 is 1. The zero-order chi connectivity index (χ0) is 17.4. The minimum absolute atomic E-state index is 0.239. The van der Waals surface area contributed by atoms with Crippen LogP contribution in [-0.2, 0) is 14.3 Å². The van der Waals surface area contributed by atoms with Gasteiger partial charge in [0.25, 0.3) is 0 Å². The lowest BCUT2D eigenvalue weighted by atomic mass is 9.66. The topological polar surface area (TPSA) is 35.5 Å². The minimum atomic E-state index is 0.239. The summed E-state index contributed by atoms with van der Waals surface area (Å²) >= 11 is 0. The van der Waals surface area contributed by atoms with Crippen LogP contribution in [0.2, 0.25) is 0 Å². The van der Waals surface area contributed by atoms with Crippen LogP contribution in [0.15, 0.2) is 0 Å². The molecule has 3 aliphatic carbocycles. The molecule has 0 bridgehead atoms. The van der Waals surface area contributed by atoms with Gasteiger partial charge in [-0.3, -0.25) is 4.79 Å². The molecule has 3 aliphatic rings. The molecule has 3 rings (SSSR count). The van der Waals surface area contributed by atoms with E-state index in [0.29, 0.717) is 48.1 Å². The van der Waals surface area contributed by atoms with E-state index in [9.17, 15) is 4.79 Å². The minimum Gasteiger partial charge on any atom is -0.359 e. The summed E-state index contributed by atoms with van der Waals surface area (Å²) in [5, 5.41) is 0. The third-order valence-corrected chi connectivity index (χ3v) is 7.62. The smallest absolute Gasteiger partial charge is 0.146 e. The fourth-order valence-corrected chi connectivity index (χ4v) is 6.32. The molecule has 0 N–H and O–H groups in total. The molecular formula is C21H36O3. The van der Waals surface area contributed by atoms with E-state index in [4.69, 9.17) is 9.47 Å². The van der Waals surface area contributed by atoms with Gasteiger partial charge in [-0.15, -0.1) is 0 Å². The first-order valence-corrected chi connectivity index (χ1v) is 10.1. The van der Waals surface area contributed by atoms with E-state index < -0.39 is 0 Å². The number of hydrogen-bond donors (Lipinski definition) is 0. The Bertz CT molecular complexity index is 446. The van der Waals surface area contributed by atoms with Crippen LogP contribution in [0, 0.1) is 47.3 Å². The van der Waals surface area contributed by atoms with Gasteiger partial charge in [-0.1, -0.05) is 27.7 Å². The van der Waals surface area contributed by atoms with Gasteiger partial charge < -0.3 is 9.47 Å². The van der Waals surface area contributed by atoms with E-state index in [1.807, 2.05) is 0 Å². The Morgan fingerprint density at radius 2 is 1.83 bits per heavy atom. The molecule has 8 atom stereocenters. The van der Waals surface area contributed by atoms with Gasteiger partial charge in [0.2, 0.25) is 0 Å². The third kappa shape index (κ3) is 3.19. The van der Waals surface area contributed by atoms with Crippen LogP contribution < -0.4 is 0 Å². The van der Waals surface area contributed by atoms with Crippen molar-refractivity contribution < 1.29 is 14.3 Å². The van der Waals surface area contributed by atoms with Crippen molar-refractivity contribution in [1.29, 1.82) is 0 Å². The average molecular weight is 337 g/mol. The SMILES string of the molecule is COCO[C@@H]1C[C@H]2[C@H](CC[C@H]2C(C)C)C(=O)[C@@H]2[C@@H](CC[C@H]2C)[C@@H]1C. The lowest BCUT2D eigenvalue weighted by Crippen LogP contribution is -2.43. The highest BCUT2D eigenvalue weighted by Gasteiger charge is 2.52. The quantitative estimate of drug-likeness (QED) is 0.707. The first kappa shape index (κ1) is 18.4. The molecule has 0 saturated heterocycles. The van der Waals surface area contributed by atoms with Crippen molar-refractivity contribution in [2.75, 3.05) is 13.9 Å². The van der Waals surface area contributed by atoms with Crippen LogP contribution in [0.4, 0.5) is 0 Å². The molecule has 0 aliphatic heterocycles. The number of Topliss-reactive ketones (excluding diaryl/α,β-unsaturated/α-hetero) is 1. The number of hydrogen-bond acceptors (Lipinski definition) is 3. The molecule has 3 nitrogen and oxygen atoms in total. The fraction of sp³-hybridized carbons (Fsp3) is 0.952. The second-order valence-corrected chi connectivity index (χ2v) is 9.11. The van der Waals surface area contributed by atoms with E-state index in [1.54, 1.807) is 7.11 Å². The number of rotatable bonds is 4. The summed E-state index contributed by atoms with van der Waals surface area (Å²) in [6.45, 7) is 9.64. The van der Waals surface area contributed by atoms with Crippen molar-refractivity contribution in [2.45, 2.75) is 65.9 Å². The highest BCUT2D eigenvalue weighted by atomic mass is 16.7. The van der Waals surface area contributed by atoms with Crippen LogP contribution >= 0.6 is 0 Å². The predicted molar refractivity (Wildman–Crippen MR) is 95.5 cm³/mol. The standard InChI is InChI=1S/C21H36O3/c1-12(2)15-8-9-17-18(15)10-19(24-11-23-5)14(4)16-7-6-13(3)20(16)21(17)22/h12-20H,6-11H2,1-5H3/t13-,14+,15+,16+,17+,18-,19-,20+/m1/s1. The molecule has 0 amide bonds. The number of carbonyl (C=O) groups excluding carboxylic acids is 1. The van der Waals surface area contributed by atoms with E-state index in [-0.39, 0.29) is 17.9 Å². The van der Waals surface area contributed by atoms with Crippen molar-refractivity contribution in [1.82, 2.24) is 0 Å². The first-order valence-electron chi connectivity index (χ1n) is 10.1. The molecule has 0 aromatic heterocycles. The van der Waals surface area contributed by atoms with Crippen molar-refractivity contribution in [3.8, 4) is 0 Å². The Morgan fingerprint density at radius 1 is 1.08 bits per heavy atom. The second kappa shape index (κ2) is 7.45. The Kier molecular flexibility index (Phi) is 5.71. The molecule has 0 aromatic rings. The fourth-order valence-electron chi connectivity index (χ4n) is 6.32. The van der Waals surface area contributed by atoms with Gasteiger partial charge in [-0.25, -0.2) is 0 Å². The summed E-state index contributed by atoms with van der Waals surface area (Å²) in [5.41, 5.74) is 0. The largest absolute Gasteiger partial charge is 0.359 e. The Morgan fingerprint density at radius 3 is 2.50 bits per heavy atom. The second-order valence-electron chi connectivity index (χ2n) is 9.11. The summed E-state index contributed by atoms with van der Waals surface area (Å²) in [4.78, 5) is 13.4. The zero-order valence-electron chi connectivity index (χ0n) is 16.2. The van der Waals surface area contributed by atoms with Gasteiger partial charge in [0.1, 0.15) is 12.6 Å². The number of carbonyl (C=O) groups is 1. The van der Waals surface area contributed by atoms with E-state index in [1.165, 1.54) is 19.3 Å². The molecule has 24 heavy (non-hydrogen) atoms. The Balaban J connectivity index is 1.90. The number of ketones is 1. The monoisotopic (exact) mass is 336 g/mol. The highest BCUT2D eigenvalue weighted by molar-refractivity contribution is 5.85. The third-order valence-electron chi connectivity index (χ3n) is 7.62. The van der Waals surface area contributed by atoms with E-state index >= 15 is 0 Å². The Hall–Kier alpha value is -0.410. The van der Waals surface area contributed by atoms with Crippen LogP contribution in [-0.4, -0.2) is 25.8 Å². The zero-order valence-corrected chi connectivity index (χ0v) is 16.2. The normalized spacial score (nSPS) is 45.8. The average Bonchev–Trinajstić information content (AvgIpc) is 3.12. The highest BCUT2D eigenvalue weighted by Crippen LogP contribution is 2.53. The lowest BCUT2D eigenvalue weighted by molar-refractivity contribution is -0.142. The van der Waals surface area contributed by atoms with Gasteiger partial charge in [-0.2, -0.15) is 0 Å². The van der Waals surface area contributed by atoms with Gasteiger partial charge in [0.15, 0.2) is 0 Å².